The van der Waals surface area contributed by atoms with E-state index >= 15 is 0 Å². The van der Waals surface area contributed by atoms with Crippen molar-refractivity contribution in [2.75, 3.05) is 85.1 Å². The topological polar surface area (TPSA) is 138 Å². The lowest BCUT2D eigenvalue weighted by Crippen LogP contribution is -2.50. The number of ether oxygens (including phenoxy) is 4. The summed E-state index contributed by atoms with van der Waals surface area (Å²) in [6.07, 6.45) is 8.57. The van der Waals surface area contributed by atoms with Gasteiger partial charge in [0, 0.05) is 107 Å². The first-order chi connectivity index (χ1) is 48.9. The Balaban J connectivity index is 0.000000597. The Labute approximate surface area is 657 Å². The van der Waals surface area contributed by atoms with Gasteiger partial charge < -0.3 is 43.4 Å². The van der Waals surface area contributed by atoms with Crippen LogP contribution in [-0.4, -0.2) is 244 Å². The van der Waals surface area contributed by atoms with Crippen LogP contribution in [0.2, 0.25) is 0 Å². The Kier molecular flexibility index (Phi) is 46.6. The van der Waals surface area contributed by atoms with E-state index in [2.05, 4.69) is 246 Å². The number of piperazine rings is 1. The summed E-state index contributed by atoms with van der Waals surface area (Å²) >= 11 is 0. The van der Waals surface area contributed by atoms with E-state index in [0.29, 0.717) is 77.6 Å². The van der Waals surface area contributed by atoms with Crippen LogP contribution in [0.1, 0.15) is 302 Å². The number of amides is 4. The number of cyclic esters (lactones) is 3. The molecule has 0 N–H and O–H groups in total. The molecule has 9 fully saturated rings. The molecule has 17 nitrogen and oxygen atoms in total. The first kappa shape index (κ1) is 101. The van der Waals surface area contributed by atoms with Crippen LogP contribution in [0.5, 0.6) is 0 Å². The smallest absolute Gasteiger partial charge is 0.410 e. The summed E-state index contributed by atoms with van der Waals surface area (Å²) in [4.78, 5) is 65.7. The zero-order chi connectivity index (χ0) is 81.9. The third-order valence-corrected chi connectivity index (χ3v) is 24.1. The lowest BCUT2D eigenvalue weighted by Gasteiger charge is -2.41. The van der Waals surface area contributed by atoms with Crippen molar-refractivity contribution in [3.05, 3.63) is 0 Å². The minimum Gasteiger partial charge on any atom is -0.447 e. The molecule has 9 atom stereocenters. The van der Waals surface area contributed by atoms with Crippen molar-refractivity contribution in [3.63, 3.8) is 0 Å². The monoisotopic (exact) mass is 1500 g/mol. The summed E-state index contributed by atoms with van der Waals surface area (Å²) in [6.45, 7) is 98.7. The molecule has 9 aliphatic rings. The van der Waals surface area contributed by atoms with Crippen LogP contribution in [0.15, 0.2) is 0 Å². The van der Waals surface area contributed by atoms with Gasteiger partial charge in [0.15, 0.2) is 0 Å². The number of epoxide rings is 1. The molecule has 0 bridgehead atoms. The molecule has 9 heterocycles. The Hall–Kier alpha value is -2.96. The Morgan fingerprint density at radius 3 is 1.02 bits per heavy atom. The fraction of sp³-hybridized carbons (Fsp3) is 0.955. The molecule has 9 unspecified atom stereocenters. The normalized spacial score (nSPS) is 25.9. The van der Waals surface area contributed by atoms with E-state index < -0.39 is 0 Å². The summed E-state index contributed by atoms with van der Waals surface area (Å²) in [5, 5.41) is 0. The van der Waals surface area contributed by atoms with E-state index in [1.54, 1.807) is 4.90 Å². The van der Waals surface area contributed by atoms with Gasteiger partial charge in [0.25, 0.3) is 0 Å². The van der Waals surface area contributed by atoms with E-state index in [9.17, 15) is 19.2 Å². The molecular weight excluding hydrogens is 1320 g/mol. The van der Waals surface area contributed by atoms with Gasteiger partial charge in [-0.3, -0.25) is 24.4 Å². The van der Waals surface area contributed by atoms with Crippen molar-refractivity contribution in [1.29, 1.82) is 0 Å². The number of rotatable bonds is 17. The molecule has 9 aliphatic heterocycles. The summed E-state index contributed by atoms with van der Waals surface area (Å²) in [6, 6.07) is 5.23. The molecule has 106 heavy (non-hydrogen) atoms. The lowest BCUT2D eigenvalue weighted by atomic mass is 9.76. The zero-order valence-electron chi connectivity index (χ0n) is 76.8. The van der Waals surface area contributed by atoms with E-state index in [4.69, 9.17) is 18.9 Å². The van der Waals surface area contributed by atoms with Crippen molar-refractivity contribution in [1.82, 2.24) is 44.1 Å². The van der Waals surface area contributed by atoms with E-state index in [1.807, 2.05) is 56.2 Å². The van der Waals surface area contributed by atoms with Crippen LogP contribution in [-0.2, 0) is 23.7 Å². The molecule has 0 aromatic rings. The second-order valence-electron chi connectivity index (χ2n) is 39.2. The quantitative estimate of drug-likeness (QED) is 0.101. The second-order valence-corrected chi connectivity index (χ2v) is 39.2. The van der Waals surface area contributed by atoms with Gasteiger partial charge in [-0.2, -0.15) is 0 Å². The molecule has 0 aromatic heterocycles. The van der Waals surface area contributed by atoms with Crippen LogP contribution in [0.4, 0.5) is 14.4 Å². The van der Waals surface area contributed by atoms with Gasteiger partial charge >= 0.3 is 18.3 Å². The molecule has 0 radical (unpaired) electrons. The van der Waals surface area contributed by atoms with E-state index in [-0.39, 0.29) is 60.7 Å². The molecule has 0 aliphatic carbocycles. The van der Waals surface area contributed by atoms with Crippen molar-refractivity contribution in [2.24, 2.45) is 76.4 Å². The molecule has 0 spiro atoms. The average molecular weight is 1500 g/mol. The van der Waals surface area contributed by atoms with Crippen LogP contribution < -0.4 is 0 Å². The predicted octanol–water partition coefficient (Wildman–Crippen LogP) is 19.7. The molecule has 4 amide bonds. The van der Waals surface area contributed by atoms with E-state index in [1.165, 1.54) is 97.6 Å². The van der Waals surface area contributed by atoms with Gasteiger partial charge in [-0.25, -0.2) is 14.4 Å². The SMILES string of the molecule is CC(C)C1CC(=O)N(C(C)C)C1.CC(C)C1CCN(C(C)C)C1.CC(C)C1CCN(C(C)C)CC1.CC(C)C1CN(C(C)C)C(=O)O1.CC(C)C1COC(=O)N1C(C)C.CC(C)C1OC(=O)N(C(C)C)C1C.CC(C)C1OC1C(C)C.CC(C)N1CCCC(C(C)(C)C)C1.CC(C)N1CCN(C(C)C)CC1. The molecule has 9 saturated heterocycles. The van der Waals surface area contributed by atoms with Gasteiger partial charge in [0.05, 0.1) is 30.8 Å². The first-order valence-electron chi connectivity index (χ1n) is 43.5. The fourth-order valence-corrected chi connectivity index (χ4v) is 15.6. The Bertz CT molecular complexity index is 2240. The highest BCUT2D eigenvalue weighted by molar-refractivity contribution is 5.79. The first-order valence-corrected chi connectivity index (χ1v) is 43.5. The van der Waals surface area contributed by atoms with Crippen LogP contribution in [0.3, 0.4) is 0 Å². The number of carbonyl (C=O) groups is 4. The molecule has 0 saturated carbocycles. The predicted molar refractivity (Wildman–Crippen MR) is 450 cm³/mol. The molecule has 0 aromatic carbocycles. The van der Waals surface area contributed by atoms with Gasteiger partial charge in [-0.15, -0.1) is 0 Å². The number of hydrogen-bond acceptors (Lipinski definition) is 13. The Morgan fingerprint density at radius 1 is 0.340 bits per heavy atom. The highest BCUT2D eigenvalue weighted by atomic mass is 16.6. The lowest BCUT2D eigenvalue weighted by molar-refractivity contribution is -0.129. The molecule has 17 heteroatoms. The van der Waals surface area contributed by atoms with Crippen molar-refractivity contribution in [3.8, 4) is 0 Å². The van der Waals surface area contributed by atoms with E-state index in [0.717, 1.165) is 79.3 Å². The highest BCUT2D eigenvalue weighted by Crippen LogP contribution is 2.36. The van der Waals surface area contributed by atoms with Crippen LogP contribution in [0.25, 0.3) is 0 Å². The standard InChI is InChI=1S/C12H25N.C11H23N.C10H22N2.C10H19NO2.C10H19NO.C10H21N.2C9H17NO2.C8H16O/c1-10(2)13-8-6-7-11(9-13)12(3,4)5;2*1-9(2)11-5-7-12(8-6-11)10(3)4;1-6(2)9-8(5)11(7(3)4)10(12)13-9;1-7(2)9-5-10(12)11(6-9)8(3)4;1-8(2)10-5-6-11(7-10)9(3)4;1-6(2)8-5-12-9(11)10(8)7(3)4;1-6(2)8-5-10(7(3)4)9(11)12-8;1-5(2)7-8(9-7)6(3)4/h10-11H,6-9H2,1-5H3;9-11H,5-8H2,1-4H3;9-10H,5-8H2,1-4H3;6-9H,1-5H3;7-9H,5-6H2,1-4H3;8-10H,5-7H2,1-4H3;2*6-8H,5H2,1-4H3;5-8H,1-4H3. The minimum atomic E-state index is -0.166. The fourth-order valence-electron chi connectivity index (χ4n) is 15.6. The van der Waals surface area contributed by atoms with Crippen LogP contribution >= 0.6 is 0 Å². The second kappa shape index (κ2) is 48.8. The molecular formula is C89H179N9O8. The largest absolute Gasteiger partial charge is 0.447 e. The summed E-state index contributed by atoms with van der Waals surface area (Å²) in [5.41, 5.74) is 0.494. The number of piperidine rings is 2. The molecule has 9 rings (SSSR count). The van der Waals surface area contributed by atoms with Crippen molar-refractivity contribution >= 4 is 24.2 Å². The Morgan fingerprint density at radius 2 is 0.745 bits per heavy atom. The zero-order valence-corrected chi connectivity index (χ0v) is 76.8. The third kappa shape index (κ3) is 35.4. The maximum Gasteiger partial charge on any atom is 0.410 e. The molecule has 628 valence electrons. The van der Waals surface area contributed by atoms with Crippen molar-refractivity contribution in [2.45, 2.75) is 393 Å². The van der Waals surface area contributed by atoms with Crippen LogP contribution in [0, 0.1) is 76.4 Å². The van der Waals surface area contributed by atoms with Gasteiger partial charge in [0.1, 0.15) is 18.8 Å². The number of hydrogen-bond donors (Lipinski definition) is 0. The van der Waals surface area contributed by atoms with Crippen molar-refractivity contribution < 1.29 is 38.1 Å². The van der Waals surface area contributed by atoms with Gasteiger partial charge in [-0.1, -0.05) is 132 Å². The summed E-state index contributed by atoms with van der Waals surface area (Å²) < 4.78 is 20.9. The minimum absolute atomic E-state index is 0.0508. The number of carbonyl (C=O) groups excluding carboxylic acids is 4. The summed E-state index contributed by atoms with van der Waals surface area (Å²) in [7, 11) is 0. The third-order valence-electron chi connectivity index (χ3n) is 24.1. The summed E-state index contributed by atoms with van der Waals surface area (Å²) in [5.74, 6) is 8.84. The average Bonchev–Trinajstić information content (AvgIpc) is 1.62. The number of nitrogens with zero attached hydrogens (tertiary/aromatic N) is 9. The maximum absolute atomic E-state index is 11.5. The van der Waals surface area contributed by atoms with Gasteiger partial charge in [-0.05, 0) is 266 Å². The highest BCUT2D eigenvalue weighted by Gasteiger charge is 2.44. The van der Waals surface area contributed by atoms with Gasteiger partial charge in [0.2, 0.25) is 5.91 Å². The number of likely N-dealkylation sites (tertiary alicyclic amines) is 4. The maximum atomic E-state index is 11.5.